The van der Waals surface area contributed by atoms with Crippen molar-refractivity contribution in [2.75, 3.05) is 13.1 Å². The molecule has 0 aliphatic carbocycles. The van der Waals surface area contributed by atoms with Gasteiger partial charge in [0, 0.05) is 25.0 Å². The van der Waals surface area contributed by atoms with Crippen molar-refractivity contribution >= 4 is 15.9 Å². The number of hydrogen-bond donors (Lipinski definition) is 1. The topological polar surface area (TPSA) is 66.5 Å². The Balaban J connectivity index is 2.03. The number of hydrogen-bond acceptors (Lipinski definition) is 3. The van der Waals surface area contributed by atoms with Gasteiger partial charge in [0.1, 0.15) is 0 Å². The van der Waals surface area contributed by atoms with Crippen molar-refractivity contribution in [3.05, 3.63) is 29.8 Å². The summed E-state index contributed by atoms with van der Waals surface area (Å²) in [6.07, 6.45) is 5.11. The van der Waals surface area contributed by atoms with Crippen LogP contribution in [0.1, 0.15) is 57.9 Å². The summed E-state index contributed by atoms with van der Waals surface area (Å²) in [5.74, 6) is 0.132. The molecule has 0 bridgehead atoms. The van der Waals surface area contributed by atoms with Crippen LogP contribution in [-0.2, 0) is 14.8 Å². The van der Waals surface area contributed by atoms with Gasteiger partial charge in [-0.15, -0.1) is 0 Å². The van der Waals surface area contributed by atoms with E-state index < -0.39 is 10.0 Å². The van der Waals surface area contributed by atoms with Crippen LogP contribution >= 0.6 is 0 Å². The number of carbonyl (C=O) groups excluding carboxylic acids is 1. The minimum absolute atomic E-state index is 0.0444. The Morgan fingerprint density at radius 3 is 2.46 bits per heavy atom. The lowest BCUT2D eigenvalue weighted by Gasteiger charge is -2.35. The van der Waals surface area contributed by atoms with Crippen molar-refractivity contribution in [3.8, 4) is 0 Å². The highest BCUT2D eigenvalue weighted by Gasteiger charge is 2.33. The molecule has 1 aromatic carbocycles. The lowest BCUT2D eigenvalue weighted by atomic mass is 10.0. The Labute approximate surface area is 158 Å². The van der Waals surface area contributed by atoms with Gasteiger partial charge in [0.15, 0.2) is 0 Å². The Kier molecular flexibility index (Phi) is 7.65. The van der Waals surface area contributed by atoms with Crippen molar-refractivity contribution < 1.29 is 13.2 Å². The average molecular weight is 381 g/mol. The van der Waals surface area contributed by atoms with Gasteiger partial charge in [-0.05, 0) is 51.2 Å². The lowest BCUT2D eigenvalue weighted by Crippen LogP contribution is -2.45. The van der Waals surface area contributed by atoms with Crippen molar-refractivity contribution in [2.45, 2.75) is 70.2 Å². The van der Waals surface area contributed by atoms with E-state index >= 15 is 0 Å². The van der Waals surface area contributed by atoms with Crippen LogP contribution in [0, 0.1) is 12.8 Å². The van der Waals surface area contributed by atoms with Crippen molar-refractivity contribution in [1.82, 2.24) is 9.62 Å². The van der Waals surface area contributed by atoms with Crippen LogP contribution in [0.3, 0.4) is 0 Å². The van der Waals surface area contributed by atoms with Gasteiger partial charge < -0.3 is 5.32 Å². The third-order valence-corrected chi connectivity index (χ3v) is 7.30. The van der Waals surface area contributed by atoms with Gasteiger partial charge in [-0.1, -0.05) is 38.0 Å². The molecule has 2 rings (SSSR count). The fraction of sp³-hybridized carbons (Fsp3) is 0.650. The Hall–Kier alpha value is -1.40. The summed E-state index contributed by atoms with van der Waals surface area (Å²) in [6.45, 7) is 7.07. The number of sulfonamides is 1. The zero-order chi connectivity index (χ0) is 19.2. The number of benzene rings is 1. The molecule has 1 saturated heterocycles. The highest BCUT2D eigenvalue weighted by molar-refractivity contribution is 7.89. The predicted molar refractivity (Wildman–Crippen MR) is 104 cm³/mol. The largest absolute Gasteiger partial charge is 0.356 e. The standard InChI is InChI=1S/C20H32N2O3S/c1-4-17(5-2)20(23)21-14-13-18-8-6-7-15-22(18)26(24,25)19-11-9-16(3)10-12-19/h9-12,17-18H,4-8,13-15H2,1-3H3,(H,21,23). The van der Waals surface area contributed by atoms with Crippen molar-refractivity contribution in [2.24, 2.45) is 5.92 Å². The minimum atomic E-state index is -3.48. The van der Waals surface area contributed by atoms with E-state index in [1.165, 1.54) is 0 Å². The SMILES string of the molecule is CCC(CC)C(=O)NCCC1CCCCN1S(=O)(=O)c1ccc(C)cc1. The van der Waals surface area contributed by atoms with Gasteiger partial charge in [0.25, 0.3) is 0 Å². The Morgan fingerprint density at radius 1 is 1.19 bits per heavy atom. The molecule has 1 N–H and O–H groups in total. The summed E-state index contributed by atoms with van der Waals surface area (Å²) in [5.41, 5.74) is 1.04. The number of amides is 1. The lowest BCUT2D eigenvalue weighted by molar-refractivity contribution is -0.125. The molecule has 1 amide bonds. The molecule has 1 aliphatic heterocycles. The summed E-state index contributed by atoms with van der Waals surface area (Å²) in [4.78, 5) is 12.5. The van der Waals surface area contributed by atoms with Crippen LogP contribution in [0.5, 0.6) is 0 Å². The molecule has 0 saturated carbocycles. The number of nitrogens with one attached hydrogen (secondary N) is 1. The fourth-order valence-corrected chi connectivity index (χ4v) is 5.31. The van der Waals surface area contributed by atoms with Gasteiger partial charge in [0.05, 0.1) is 4.90 Å². The molecule has 1 aliphatic rings. The number of nitrogens with zero attached hydrogens (tertiary/aromatic N) is 1. The normalized spacial score (nSPS) is 18.8. The van der Waals surface area contributed by atoms with Crippen LogP contribution < -0.4 is 5.32 Å². The van der Waals surface area contributed by atoms with Crippen molar-refractivity contribution in [3.63, 3.8) is 0 Å². The second-order valence-electron chi connectivity index (χ2n) is 7.17. The monoisotopic (exact) mass is 380 g/mol. The van der Waals surface area contributed by atoms with E-state index in [-0.39, 0.29) is 17.9 Å². The average Bonchev–Trinajstić information content (AvgIpc) is 2.63. The van der Waals surface area contributed by atoms with Gasteiger partial charge >= 0.3 is 0 Å². The van der Waals surface area contributed by atoms with Crippen LogP contribution in [0.15, 0.2) is 29.2 Å². The maximum atomic E-state index is 13.0. The molecule has 1 heterocycles. The third kappa shape index (κ3) is 5.07. The molecule has 1 unspecified atom stereocenters. The molecule has 26 heavy (non-hydrogen) atoms. The first-order valence-electron chi connectivity index (χ1n) is 9.76. The number of carbonyl (C=O) groups is 1. The van der Waals surface area contributed by atoms with E-state index in [0.717, 1.165) is 37.7 Å². The molecule has 6 heteroatoms. The van der Waals surface area contributed by atoms with E-state index in [0.29, 0.717) is 24.4 Å². The van der Waals surface area contributed by atoms with Crippen LogP contribution in [-0.4, -0.2) is 37.8 Å². The quantitative estimate of drug-likeness (QED) is 0.751. The maximum Gasteiger partial charge on any atom is 0.243 e. The van der Waals surface area contributed by atoms with E-state index in [1.54, 1.807) is 16.4 Å². The molecule has 5 nitrogen and oxygen atoms in total. The van der Waals surface area contributed by atoms with Crippen molar-refractivity contribution in [1.29, 1.82) is 0 Å². The maximum absolute atomic E-state index is 13.0. The summed E-state index contributed by atoms with van der Waals surface area (Å²) >= 11 is 0. The molecule has 0 aromatic heterocycles. The third-order valence-electron chi connectivity index (χ3n) is 5.33. The van der Waals surface area contributed by atoms with Gasteiger partial charge in [0.2, 0.25) is 15.9 Å². The van der Waals surface area contributed by atoms with E-state index in [1.807, 2.05) is 32.9 Å². The van der Waals surface area contributed by atoms with E-state index in [9.17, 15) is 13.2 Å². The van der Waals surface area contributed by atoms with Crippen LogP contribution in [0.2, 0.25) is 0 Å². The molecule has 0 spiro atoms. The summed E-state index contributed by atoms with van der Waals surface area (Å²) < 4.78 is 27.7. The first-order chi connectivity index (χ1) is 12.4. The summed E-state index contributed by atoms with van der Waals surface area (Å²) in [7, 11) is -3.48. The molecule has 0 radical (unpaired) electrons. The van der Waals surface area contributed by atoms with Gasteiger partial charge in [-0.2, -0.15) is 4.31 Å². The van der Waals surface area contributed by atoms with E-state index in [2.05, 4.69) is 5.32 Å². The van der Waals surface area contributed by atoms with Gasteiger partial charge in [-0.25, -0.2) is 8.42 Å². The first-order valence-corrected chi connectivity index (χ1v) is 11.2. The fourth-order valence-electron chi connectivity index (χ4n) is 3.59. The van der Waals surface area contributed by atoms with Crippen LogP contribution in [0.25, 0.3) is 0 Å². The second kappa shape index (κ2) is 9.51. The summed E-state index contributed by atoms with van der Waals surface area (Å²) in [6, 6.07) is 7.00. The minimum Gasteiger partial charge on any atom is -0.356 e. The number of rotatable bonds is 8. The molecule has 146 valence electrons. The number of piperidine rings is 1. The number of aryl methyl sites for hydroxylation is 1. The highest BCUT2D eigenvalue weighted by Crippen LogP contribution is 2.27. The van der Waals surface area contributed by atoms with Crippen LogP contribution in [0.4, 0.5) is 0 Å². The highest BCUT2D eigenvalue weighted by atomic mass is 32.2. The van der Waals surface area contributed by atoms with E-state index in [4.69, 9.17) is 0 Å². The zero-order valence-electron chi connectivity index (χ0n) is 16.2. The zero-order valence-corrected chi connectivity index (χ0v) is 17.0. The molecule has 1 atom stereocenters. The molecular weight excluding hydrogens is 348 g/mol. The Bertz CT molecular complexity index is 682. The molecular formula is C20H32N2O3S. The smallest absolute Gasteiger partial charge is 0.243 e. The second-order valence-corrected chi connectivity index (χ2v) is 9.06. The molecule has 1 fully saturated rings. The first kappa shape index (κ1) is 20.9. The summed E-state index contributed by atoms with van der Waals surface area (Å²) in [5, 5.41) is 2.99. The van der Waals surface area contributed by atoms with Gasteiger partial charge in [-0.3, -0.25) is 4.79 Å². The molecule has 1 aromatic rings. The Morgan fingerprint density at radius 2 is 1.85 bits per heavy atom. The predicted octanol–water partition coefficient (Wildman–Crippen LogP) is 3.48.